The normalized spacial score (nSPS) is 21.1. The Balaban J connectivity index is 2.24. The van der Waals surface area contributed by atoms with E-state index in [1.165, 1.54) is 11.1 Å². The van der Waals surface area contributed by atoms with Crippen molar-refractivity contribution in [1.29, 1.82) is 0 Å². The van der Waals surface area contributed by atoms with Crippen LogP contribution in [0, 0.1) is 5.92 Å². The lowest BCUT2D eigenvalue weighted by atomic mass is 9.88. The zero-order chi connectivity index (χ0) is 10.8. The first kappa shape index (κ1) is 10.4. The molecule has 0 aliphatic heterocycles. The lowest BCUT2D eigenvalue weighted by Gasteiger charge is -2.14. The van der Waals surface area contributed by atoms with Crippen LogP contribution in [0.25, 0.3) is 0 Å². The van der Waals surface area contributed by atoms with Crippen molar-refractivity contribution in [2.45, 2.75) is 39.0 Å². The average Bonchev–Trinajstić information content (AvgIpc) is 2.70. The first-order valence-corrected chi connectivity index (χ1v) is 5.85. The van der Waals surface area contributed by atoms with Crippen LogP contribution >= 0.6 is 0 Å². The van der Waals surface area contributed by atoms with Crippen LogP contribution in [-0.4, -0.2) is 5.78 Å². The third kappa shape index (κ3) is 1.83. The summed E-state index contributed by atoms with van der Waals surface area (Å²) < 4.78 is 0. The molecular weight excluding hydrogens is 184 g/mol. The molecule has 1 nitrogen and oxygen atoms in total. The summed E-state index contributed by atoms with van der Waals surface area (Å²) >= 11 is 0. The number of hydrogen-bond donors (Lipinski definition) is 0. The predicted octanol–water partition coefficient (Wildman–Crippen LogP) is 3.33. The van der Waals surface area contributed by atoms with Crippen molar-refractivity contribution >= 4 is 5.78 Å². The molecule has 0 heterocycles. The molecule has 1 heteroatoms. The summed E-state index contributed by atoms with van der Waals surface area (Å²) in [6.07, 6.45) is 3.04. The minimum atomic E-state index is 0.177. The number of rotatable bonds is 3. The van der Waals surface area contributed by atoms with Crippen LogP contribution in [0.15, 0.2) is 24.3 Å². The van der Waals surface area contributed by atoms with E-state index in [4.69, 9.17) is 0 Å². The van der Waals surface area contributed by atoms with Gasteiger partial charge in [-0.2, -0.15) is 0 Å². The molecule has 0 aromatic heterocycles. The van der Waals surface area contributed by atoms with Gasteiger partial charge in [0.1, 0.15) is 5.78 Å². The van der Waals surface area contributed by atoms with Gasteiger partial charge in [-0.1, -0.05) is 38.1 Å². The smallest absolute Gasteiger partial charge is 0.143 e. The van der Waals surface area contributed by atoms with Gasteiger partial charge in [-0.25, -0.2) is 0 Å². The van der Waals surface area contributed by atoms with E-state index in [0.717, 1.165) is 19.3 Å². The summed E-state index contributed by atoms with van der Waals surface area (Å²) in [7, 11) is 0. The molecule has 2 unspecified atom stereocenters. The summed E-state index contributed by atoms with van der Waals surface area (Å²) in [6.45, 7) is 4.13. The molecule has 0 saturated carbocycles. The topological polar surface area (TPSA) is 17.1 Å². The van der Waals surface area contributed by atoms with Crippen molar-refractivity contribution in [3.8, 4) is 0 Å². The molecule has 1 aliphatic carbocycles. The second-order valence-corrected chi connectivity index (χ2v) is 4.50. The highest BCUT2D eigenvalue weighted by molar-refractivity contribution is 5.88. The maximum Gasteiger partial charge on any atom is 0.143 e. The van der Waals surface area contributed by atoms with Crippen LogP contribution in [0.4, 0.5) is 0 Å². The van der Waals surface area contributed by atoms with Crippen LogP contribution in [-0.2, 0) is 11.2 Å². The molecule has 0 N–H and O–H groups in total. The standard InChI is InChI=1S/C14H18O/c1-3-10(2)14(15)13-9-8-11-6-4-5-7-12(11)13/h4-7,10,13H,3,8-9H2,1-2H3. The minimum absolute atomic E-state index is 0.177. The van der Waals surface area contributed by atoms with Crippen LogP contribution in [0.3, 0.4) is 0 Å². The second-order valence-electron chi connectivity index (χ2n) is 4.50. The van der Waals surface area contributed by atoms with Gasteiger partial charge < -0.3 is 0 Å². The second kappa shape index (κ2) is 4.18. The zero-order valence-electron chi connectivity index (χ0n) is 9.49. The van der Waals surface area contributed by atoms with Gasteiger partial charge in [0.25, 0.3) is 0 Å². The summed E-state index contributed by atoms with van der Waals surface area (Å²) in [5, 5.41) is 0. The molecule has 0 bridgehead atoms. The van der Waals surface area contributed by atoms with E-state index in [9.17, 15) is 4.79 Å². The molecule has 1 aromatic carbocycles. The fourth-order valence-corrected chi connectivity index (χ4v) is 2.40. The highest BCUT2D eigenvalue weighted by Gasteiger charge is 2.30. The fraction of sp³-hybridized carbons (Fsp3) is 0.500. The van der Waals surface area contributed by atoms with Gasteiger partial charge in [0, 0.05) is 11.8 Å². The molecule has 15 heavy (non-hydrogen) atoms. The van der Waals surface area contributed by atoms with Crippen molar-refractivity contribution < 1.29 is 4.79 Å². The zero-order valence-corrected chi connectivity index (χ0v) is 9.49. The first-order valence-electron chi connectivity index (χ1n) is 5.85. The maximum atomic E-state index is 12.1. The third-order valence-corrected chi connectivity index (χ3v) is 3.57. The Morgan fingerprint density at radius 1 is 1.47 bits per heavy atom. The molecule has 1 aliphatic rings. The maximum absolute atomic E-state index is 12.1. The molecule has 0 saturated heterocycles. The van der Waals surface area contributed by atoms with Gasteiger partial charge in [0.2, 0.25) is 0 Å². The number of benzene rings is 1. The Kier molecular flexibility index (Phi) is 2.90. The van der Waals surface area contributed by atoms with Crippen molar-refractivity contribution in [2.24, 2.45) is 5.92 Å². The van der Waals surface area contributed by atoms with Crippen LogP contribution < -0.4 is 0 Å². The van der Waals surface area contributed by atoms with Crippen molar-refractivity contribution in [1.82, 2.24) is 0 Å². The Hall–Kier alpha value is -1.11. The molecule has 80 valence electrons. The molecule has 0 fully saturated rings. The lowest BCUT2D eigenvalue weighted by molar-refractivity contribution is -0.123. The Bertz CT molecular complexity index is 367. The molecule has 2 rings (SSSR count). The van der Waals surface area contributed by atoms with E-state index in [1.807, 2.05) is 13.0 Å². The molecular formula is C14H18O. The fourth-order valence-electron chi connectivity index (χ4n) is 2.40. The van der Waals surface area contributed by atoms with E-state index in [2.05, 4.69) is 25.1 Å². The van der Waals surface area contributed by atoms with E-state index >= 15 is 0 Å². The first-order chi connectivity index (χ1) is 7.24. The number of aryl methyl sites for hydroxylation is 1. The Morgan fingerprint density at radius 2 is 2.20 bits per heavy atom. The quantitative estimate of drug-likeness (QED) is 0.734. The predicted molar refractivity (Wildman–Crippen MR) is 62.0 cm³/mol. The summed E-state index contributed by atoms with van der Waals surface area (Å²) in [4.78, 5) is 12.1. The number of fused-ring (bicyclic) bond motifs is 1. The third-order valence-electron chi connectivity index (χ3n) is 3.57. The van der Waals surface area contributed by atoms with Crippen LogP contribution in [0.1, 0.15) is 43.7 Å². The van der Waals surface area contributed by atoms with Gasteiger partial charge in [-0.05, 0) is 30.4 Å². The SMILES string of the molecule is CCC(C)C(=O)C1CCc2ccccc21. The van der Waals surface area contributed by atoms with E-state index < -0.39 is 0 Å². The van der Waals surface area contributed by atoms with E-state index in [-0.39, 0.29) is 11.8 Å². The van der Waals surface area contributed by atoms with Gasteiger partial charge >= 0.3 is 0 Å². The summed E-state index contributed by atoms with van der Waals surface area (Å²) in [6, 6.07) is 8.38. The monoisotopic (exact) mass is 202 g/mol. The lowest BCUT2D eigenvalue weighted by Crippen LogP contribution is -2.17. The summed E-state index contributed by atoms with van der Waals surface area (Å²) in [5.74, 6) is 0.819. The number of ketones is 1. The number of hydrogen-bond acceptors (Lipinski definition) is 1. The molecule has 0 spiro atoms. The van der Waals surface area contributed by atoms with Crippen LogP contribution in [0.5, 0.6) is 0 Å². The van der Waals surface area contributed by atoms with Gasteiger partial charge in [0.15, 0.2) is 0 Å². The number of Topliss-reactive ketones (excluding diaryl/α,β-unsaturated/α-hetero) is 1. The number of carbonyl (C=O) groups is 1. The van der Waals surface area contributed by atoms with Gasteiger partial charge in [-0.15, -0.1) is 0 Å². The van der Waals surface area contributed by atoms with Crippen molar-refractivity contribution in [2.75, 3.05) is 0 Å². The average molecular weight is 202 g/mol. The Labute approximate surface area is 91.5 Å². The number of carbonyl (C=O) groups excluding carboxylic acids is 1. The van der Waals surface area contributed by atoms with E-state index in [0.29, 0.717) is 5.78 Å². The summed E-state index contributed by atoms with van der Waals surface area (Å²) in [5.41, 5.74) is 2.65. The van der Waals surface area contributed by atoms with E-state index in [1.54, 1.807) is 0 Å². The van der Waals surface area contributed by atoms with Gasteiger partial charge in [0.05, 0.1) is 0 Å². The molecule has 1 aromatic rings. The molecule has 2 atom stereocenters. The highest BCUT2D eigenvalue weighted by atomic mass is 16.1. The largest absolute Gasteiger partial charge is 0.299 e. The van der Waals surface area contributed by atoms with Crippen LogP contribution in [0.2, 0.25) is 0 Å². The minimum Gasteiger partial charge on any atom is -0.299 e. The van der Waals surface area contributed by atoms with Gasteiger partial charge in [-0.3, -0.25) is 4.79 Å². The molecule has 0 amide bonds. The Morgan fingerprint density at radius 3 is 2.93 bits per heavy atom. The van der Waals surface area contributed by atoms with Crippen molar-refractivity contribution in [3.63, 3.8) is 0 Å². The highest BCUT2D eigenvalue weighted by Crippen LogP contribution is 2.35. The molecule has 0 radical (unpaired) electrons. The van der Waals surface area contributed by atoms with Crippen molar-refractivity contribution in [3.05, 3.63) is 35.4 Å².